The fraction of sp³-hybridized carbons (Fsp3) is 0.200. The molecule has 1 aromatic heterocycles. The smallest absolute Gasteiger partial charge is 0.434 e. The number of carbonyl (C=O) groups is 1. The molecule has 0 saturated heterocycles. The summed E-state index contributed by atoms with van der Waals surface area (Å²) >= 11 is 5.89. The van der Waals surface area contributed by atoms with E-state index >= 15 is 0 Å². The maximum absolute atomic E-state index is 13.8. The van der Waals surface area contributed by atoms with Crippen LogP contribution in [0.1, 0.15) is 34.6 Å². The van der Waals surface area contributed by atoms with E-state index in [2.05, 4.69) is 10.4 Å². The first-order valence-electron chi connectivity index (χ1n) is 8.85. The molecule has 0 aliphatic carbocycles. The second-order valence-electron chi connectivity index (χ2n) is 6.60. The minimum Gasteiger partial charge on any atom is -0.454 e. The molecule has 1 aliphatic rings. The minimum absolute atomic E-state index is 0.0944. The third-order valence-corrected chi connectivity index (χ3v) is 4.81. The largest absolute Gasteiger partial charge is 0.454 e. The Hall–Kier alpha value is -3.20. The predicted octanol–water partition coefficient (Wildman–Crippen LogP) is 4.76. The Bertz CT molecular complexity index is 1110. The van der Waals surface area contributed by atoms with Crippen LogP contribution in [0, 0.1) is 0 Å². The molecule has 4 rings (SSSR count). The van der Waals surface area contributed by atoms with E-state index in [9.17, 15) is 18.0 Å². The van der Waals surface area contributed by atoms with Crippen LogP contribution in [0.25, 0.3) is 5.69 Å². The molecule has 1 unspecified atom stereocenters. The molecule has 1 amide bonds. The van der Waals surface area contributed by atoms with Crippen molar-refractivity contribution >= 4 is 17.5 Å². The molecule has 0 fully saturated rings. The van der Waals surface area contributed by atoms with Gasteiger partial charge in [0, 0.05) is 5.02 Å². The first-order chi connectivity index (χ1) is 14.2. The lowest BCUT2D eigenvalue weighted by molar-refractivity contribution is -0.143. The number of alkyl halides is 3. The van der Waals surface area contributed by atoms with Crippen molar-refractivity contribution in [3.8, 4) is 17.2 Å². The monoisotopic (exact) mass is 437 g/mol. The number of hydrogen-bond donors (Lipinski definition) is 1. The van der Waals surface area contributed by atoms with Crippen LogP contribution in [0.5, 0.6) is 11.5 Å². The molecule has 0 saturated carbocycles. The number of benzene rings is 2. The summed E-state index contributed by atoms with van der Waals surface area (Å²) in [6, 6.07) is 10.3. The highest BCUT2D eigenvalue weighted by Gasteiger charge is 2.40. The average Bonchev–Trinajstić information content (AvgIpc) is 3.34. The Morgan fingerprint density at radius 1 is 1.20 bits per heavy atom. The van der Waals surface area contributed by atoms with E-state index in [0.29, 0.717) is 21.7 Å². The van der Waals surface area contributed by atoms with Crippen LogP contribution in [0.15, 0.2) is 48.7 Å². The third-order valence-electron chi connectivity index (χ3n) is 4.58. The molecule has 2 heterocycles. The van der Waals surface area contributed by atoms with Crippen LogP contribution < -0.4 is 14.8 Å². The van der Waals surface area contributed by atoms with E-state index in [0.717, 1.165) is 6.20 Å². The molecule has 0 spiro atoms. The van der Waals surface area contributed by atoms with Gasteiger partial charge in [0.15, 0.2) is 17.2 Å². The summed E-state index contributed by atoms with van der Waals surface area (Å²) in [5.41, 5.74) is -1.02. The van der Waals surface area contributed by atoms with Crippen molar-refractivity contribution in [2.75, 3.05) is 6.79 Å². The van der Waals surface area contributed by atoms with Crippen molar-refractivity contribution in [3.05, 3.63) is 70.5 Å². The van der Waals surface area contributed by atoms with Gasteiger partial charge in [0.1, 0.15) is 0 Å². The van der Waals surface area contributed by atoms with E-state index in [1.807, 2.05) is 0 Å². The molecule has 6 nitrogen and oxygen atoms in total. The lowest BCUT2D eigenvalue weighted by atomic mass is 10.1. The van der Waals surface area contributed by atoms with E-state index in [1.165, 1.54) is 24.3 Å². The molecular weight excluding hydrogens is 423 g/mol. The number of halogens is 4. The van der Waals surface area contributed by atoms with Crippen LogP contribution in [0.2, 0.25) is 5.02 Å². The number of ether oxygens (including phenoxy) is 2. The van der Waals surface area contributed by atoms with Gasteiger partial charge in [0.25, 0.3) is 5.91 Å². The lowest BCUT2D eigenvalue weighted by Crippen LogP contribution is -2.29. The summed E-state index contributed by atoms with van der Waals surface area (Å²) < 4.78 is 52.6. The predicted molar refractivity (Wildman–Crippen MR) is 102 cm³/mol. The fourth-order valence-electron chi connectivity index (χ4n) is 3.13. The van der Waals surface area contributed by atoms with Crippen molar-refractivity contribution < 1.29 is 27.4 Å². The Balaban J connectivity index is 1.64. The number of nitrogens with zero attached hydrogens (tertiary/aromatic N) is 2. The number of rotatable bonds is 4. The van der Waals surface area contributed by atoms with Crippen LogP contribution >= 0.6 is 11.6 Å². The van der Waals surface area contributed by atoms with Gasteiger partial charge in [0.05, 0.1) is 23.5 Å². The molecule has 156 valence electrons. The SMILES string of the molecule is CC(NC(=O)c1cnn(-c2cccc(Cl)c2)c1C(F)(F)F)c1ccc2c(c1)OCO2. The number of aromatic nitrogens is 2. The van der Waals surface area contributed by atoms with E-state index in [4.69, 9.17) is 21.1 Å². The van der Waals surface area contributed by atoms with Gasteiger partial charge >= 0.3 is 6.18 Å². The second kappa shape index (κ2) is 7.56. The van der Waals surface area contributed by atoms with E-state index < -0.39 is 29.4 Å². The Labute approximate surface area is 174 Å². The van der Waals surface area contributed by atoms with Crippen molar-refractivity contribution in [1.82, 2.24) is 15.1 Å². The molecule has 10 heteroatoms. The molecule has 0 bridgehead atoms. The maximum atomic E-state index is 13.8. The Kier molecular flexibility index (Phi) is 5.07. The molecule has 1 atom stereocenters. The van der Waals surface area contributed by atoms with Gasteiger partial charge in [-0.25, -0.2) is 4.68 Å². The summed E-state index contributed by atoms with van der Waals surface area (Å²) in [6.45, 7) is 1.75. The van der Waals surface area contributed by atoms with Crippen LogP contribution in [0.3, 0.4) is 0 Å². The highest BCUT2D eigenvalue weighted by molar-refractivity contribution is 6.30. The summed E-state index contributed by atoms with van der Waals surface area (Å²) in [6.07, 6.45) is -3.92. The molecule has 0 radical (unpaired) electrons. The van der Waals surface area contributed by atoms with Gasteiger partial charge in [-0.15, -0.1) is 0 Å². The van der Waals surface area contributed by atoms with E-state index in [1.54, 1.807) is 25.1 Å². The van der Waals surface area contributed by atoms with Crippen LogP contribution in [0.4, 0.5) is 13.2 Å². The highest BCUT2D eigenvalue weighted by Crippen LogP contribution is 2.36. The molecular formula is C20H15ClF3N3O3. The van der Waals surface area contributed by atoms with Gasteiger partial charge < -0.3 is 14.8 Å². The van der Waals surface area contributed by atoms with Gasteiger partial charge in [-0.1, -0.05) is 23.7 Å². The van der Waals surface area contributed by atoms with Crippen molar-refractivity contribution in [3.63, 3.8) is 0 Å². The zero-order chi connectivity index (χ0) is 21.5. The minimum atomic E-state index is -4.81. The van der Waals surface area contributed by atoms with Crippen molar-refractivity contribution in [1.29, 1.82) is 0 Å². The summed E-state index contributed by atoms with van der Waals surface area (Å²) in [7, 11) is 0. The zero-order valence-corrected chi connectivity index (χ0v) is 16.3. The molecule has 1 aliphatic heterocycles. The average molecular weight is 438 g/mol. The quantitative estimate of drug-likeness (QED) is 0.639. The lowest BCUT2D eigenvalue weighted by Gasteiger charge is -2.16. The second-order valence-corrected chi connectivity index (χ2v) is 7.04. The number of carbonyl (C=O) groups excluding carboxylic acids is 1. The number of hydrogen-bond acceptors (Lipinski definition) is 4. The third kappa shape index (κ3) is 3.80. The van der Waals surface area contributed by atoms with Gasteiger partial charge in [-0.3, -0.25) is 4.79 Å². The number of amides is 1. The van der Waals surface area contributed by atoms with Crippen LogP contribution in [-0.2, 0) is 6.18 Å². The van der Waals surface area contributed by atoms with Gasteiger partial charge in [-0.2, -0.15) is 18.3 Å². The summed E-state index contributed by atoms with van der Waals surface area (Å²) in [5, 5.41) is 6.61. The molecule has 3 aromatic rings. The standard InChI is InChI=1S/C20H15ClF3N3O3/c1-11(12-5-6-16-17(7-12)30-10-29-16)26-19(28)15-9-25-27(18(15)20(22,23)24)14-4-2-3-13(21)8-14/h2-9,11H,10H2,1H3,(H,26,28). The van der Waals surface area contributed by atoms with Crippen molar-refractivity contribution in [2.24, 2.45) is 0 Å². The highest BCUT2D eigenvalue weighted by atomic mass is 35.5. The number of nitrogens with one attached hydrogen (secondary N) is 1. The molecule has 30 heavy (non-hydrogen) atoms. The van der Waals surface area contributed by atoms with Crippen LogP contribution in [-0.4, -0.2) is 22.5 Å². The molecule has 2 aromatic carbocycles. The summed E-state index contributed by atoms with van der Waals surface area (Å²) in [5.74, 6) is 0.179. The van der Waals surface area contributed by atoms with Crippen molar-refractivity contribution in [2.45, 2.75) is 19.1 Å². The van der Waals surface area contributed by atoms with Gasteiger partial charge in [0.2, 0.25) is 6.79 Å². The first kappa shape index (κ1) is 20.1. The zero-order valence-electron chi connectivity index (χ0n) is 15.5. The fourth-order valence-corrected chi connectivity index (χ4v) is 3.32. The molecule has 1 N–H and O–H groups in total. The topological polar surface area (TPSA) is 65.4 Å². The van der Waals surface area contributed by atoms with Gasteiger partial charge in [-0.05, 0) is 42.8 Å². The first-order valence-corrected chi connectivity index (χ1v) is 9.23. The normalized spacial score (nSPS) is 13.9. The Morgan fingerprint density at radius 3 is 2.70 bits per heavy atom. The van der Waals surface area contributed by atoms with E-state index in [-0.39, 0.29) is 17.5 Å². The Morgan fingerprint density at radius 2 is 1.97 bits per heavy atom. The summed E-state index contributed by atoms with van der Waals surface area (Å²) in [4.78, 5) is 12.7. The maximum Gasteiger partial charge on any atom is 0.434 e. The number of fused-ring (bicyclic) bond motifs is 1.